The highest BCUT2D eigenvalue weighted by molar-refractivity contribution is 5.95. The van der Waals surface area contributed by atoms with Crippen molar-refractivity contribution >= 4 is 11.8 Å². The molecule has 5 nitrogen and oxygen atoms in total. The average Bonchev–Trinajstić information content (AvgIpc) is 3.09. The Bertz CT molecular complexity index is 761. The van der Waals surface area contributed by atoms with Gasteiger partial charge in [-0.2, -0.15) is 0 Å². The van der Waals surface area contributed by atoms with Crippen molar-refractivity contribution in [1.82, 2.24) is 9.88 Å². The Morgan fingerprint density at radius 2 is 2.04 bits per heavy atom. The number of nitrogens with zero attached hydrogens (tertiary/aromatic N) is 3. The third-order valence-electron chi connectivity index (χ3n) is 5.18. The van der Waals surface area contributed by atoms with Crippen LogP contribution in [0.2, 0.25) is 0 Å². The number of hydrogen-bond donors (Lipinski definition) is 1. The lowest BCUT2D eigenvalue weighted by atomic mass is 9.98. The minimum atomic E-state index is -0.900. The van der Waals surface area contributed by atoms with Crippen LogP contribution in [0.4, 0.5) is 5.82 Å². The maximum Gasteiger partial charge on any atom is 0.339 e. The van der Waals surface area contributed by atoms with Crippen molar-refractivity contribution in [3.05, 3.63) is 59.3 Å². The zero-order valence-electron chi connectivity index (χ0n) is 15.7. The minimum Gasteiger partial charge on any atom is -0.478 e. The molecule has 1 aromatic heterocycles. The topological polar surface area (TPSA) is 56.7 Å². The van der Waals surface area contributed by atoms with Gasteiger partial charge in [0, 0.05) is 38.9 Å². The molecule has 0 radical (unpaired) electrons. The normalized spacial score (nSPS) is 17.6. The molecular weight excluding hydrogens is 326 g/mol. The summed E-state index contributed by atoms with van der Waals surface area (Å²) in [6.07, 6.45) is 2.74. The van der Waals surface area contributed by atoms with E-state index in [9.17, 15) is 9.90 Å². The predicted molar refractivity (Wildman–Crippen MR) is 104 cm³/mol. The van der Waals surface area contributed by atoms with E-state index in [4.69, 9.17) is 0 Å². The Labute approximate surface area is 155 Å². The Hall–Kier alpha value is -2.40. The first-order chi connectivity index (χ1) is 12.5. The number of carbonyl (C=O) groups is 1. The fourth-order valence-corrected chi connectivity index (χ4v) is 3.72. The van der Waals surface area contributed by atoms with E-state index in [1.54, 1.807) is 6.20 Å². The van der Waals surface area contributed by atoms with E-state index in [-0.39, 0.29) is 12.0 Å². The van der Waals surface area contributed by atoms with Gasteiger partial charge in [0.15, 0.2) is 0 Å². The van der Waals surface area contributed by atoms with Crippen molar-refractivity contribution in [1.29, 1.82) is 0 Å². The number of likely N-dealkylation sites (tertiary alicyclic amines) is 1. The highest BCUT2D eigenvalue weighted by atomic mass is 16.4. The molecule has 0 bridgehead atoms. The Morgan fingerprint density at radius 1 is 1.31 bits per heavy atom. The summed E-state index contributed by atoms with van der Waals surface area (Å²) >= 11 is 0. The van der Waals surface area contributed by atoms with Crippen LogP contribution in [0, 0.1) is 0 Å². The fourth-order valence-electron chi connectivity index (χ4n) is 3.72. The molecule has 0 amide bonds. The molecule has 0 aliphatic carbocycles. The van der Waals surface area contributed by atoms with Crippen LogP contribution in [0.15, 0.2) is 42.6 Å². The van der Waals surface area contributed by atoms with Gasteiger partial charge in [-0.25, -0.2) is 9.78 Å². The van der Waals surface area contributed by atoms with Crippen LogP contribution < -0.4 is 4.90 Å². The first kappa shape index (κ1) is 18.4. The van der Waals surface area contributed by atoms with Gasteiger partial charge in [0.1, 0.15) is 11.4 Å². The minimum absolute atomic E-state index is 0.148. The van der Waals surface area contributed by atoms with E-state index >= 15 is 0 Å². The van der Waals surface area contributed by atoms with Crippen molar-refractivity contribution < 1.29 is 9.90 Å². The van der Waals surface area contributed by atoms with Crippen LogP contribution in [0.25, 0.3) is 0 Å². The number of hydrogen-bond acceptors (Lipinski definition) is 4. The number of carboxylic acids is 1. The van der Waals surface area contributed by atoms with E-state index < -0.39 is 5.97 Å². The van der Waals surface area contributed by atoms with Gasteiger partial charge in [-0.15, -0.1) is 0 Å². The molecule has 1 aliphatic rings. The van der Waals surface area contributed by atoms with Gasteiger partial charge in [0.05, 0.1) is 0 Å². The van der Waals surface area contributed by atoms with Gasteiger partial charge < -0.3 is 10.0 Å². The SMILES string of the molecule is CC(C)c1ccnc(N(C)[C@@H]2CCN(Cc3ccccc3)C2)c1C(=O)O. The lowest BCUT2D eigenvalue weighted by Crippen LogP contribution is -2.36. The Balaban J connectivity index is 1.77. The second-order valence-corrected chi connectivity index (χ2v) is 7.33. The third kappa shape index (κ3) is 3.88. The van der Waals surface area contributed by atoms with Gasteiger partial charge in [-0.05, 0) is 29.5 Å². The summed E-state index contributed by atoms with van der Waals surface area (Å²) in [6, 6.07) is 12.5. The van der Waals surface area contributed by atoms with Crippen molar-refractivity contribution in [2.45, 2.75) is 38.8 Å². The number of pyridine rings is 1. The number of aromatic nitrogens is 1. The zero-order chi connectivity index (χ0) is 18.7. The summed E-state index contributed by atoms with van der Waals surface area (Å²) < 4.78 is 0. The Morgan fingerprint density at radius 3 is 2.69 bits per heavy atom. The molecule has 138 valence electrons. The second kappa shape index (κ2) is 7.87. The third-order valence-corrected chi connectivity index (χ3v) is 5.18. The molecular formula is C21H27N3O2. The molecule has 1 N–H and O–H groups in total. The summed E-state index contributed by atoms with van der Waals surface area (Å²) in [7, 11) is 1.97. The number of carboxylic acid groups (broad SMARTS) is 1. The molecule has 0 unspecified atom stereocenters. The quantitative estimate of drug-likeness (QED) is 0.860. The molecule has 3 rings (SSSR count). The van der Waals surface area contributed by atoms with Crippen LogP contribution in [0.5, 0.6) is 0 Å². The molecule has 5 heteroatoms. The molecule has 1 aliphatic heterocycles. The molecule has 1 atom stereocenters. The monoisotopic (exact) mass is 353 g/mol. The summed E-state index contributed by atoms with van der Waals surface area (Å²) in [5.74, 6) is -0.174. The molecule has 0 saturated carbocycles. The first-order valence-corrected chi connectivity index (χ1v) is 9.18. The average molecular weight is 353 g/mol. The van der Waals surface area contributed by atoms with Crippen LogP contribution >= 0.6 is 0 Å². The van der Waals surface area contributed by atoms with E-state index in [2.05, 4.69) is 39.0 Å². The van der Waals surface area contributed by atoms with Gasteiger partial charge in [0.25, 0.3) is 0 Å². The van der Waals surface area contributed by atoms with Gasteiger partial charge in [-0.3, -0.25) is 4.90 Å². The van der Waals surface area contributed by atoms with Gasteiger partial charge in [-0.1, -0.05) is 44.2 Å². The lowest BCUT2D eigenvalue weighted by Gasteiger charge is -2.28. The highest BCUT2D eigenvalue weighted by Gasteiger charge is 2.30. The standard InChI is InChI=1S/C21H27N3O2/c1-15(2)18-9-11-22-20(19(18)21(25)26)23(3)17-10-12-24(14-17)13-16-7-5-4-6-8-16/h4-9,11,15,17H,10,12-14H2,1-3H3,(H,25,26)/t17-/m1/s1. The molecule has 1 fully saturated rings. The van der Waals surface area contributed by atoms with E-state index in [0.29, 0.717) is 11.4 Å². The number of benzene rings is 1. The maximum atomic E-state index is 11.9. The summed E-state index contributed by atoms with van der Waals surface area (Å²) in [6.45, 7) is 6.88. The maximum absolute atomic E-state index is 11.9. The predicted octanol–water partition coefficient (Wildman–Crippen LogP) is 3.61. The zero-order valence-corrected chi connectivity index (χ0v) is 15.7. The molecule has 0 spiro atoms. The molecule has 1 aromatic carbocycles. The van der Waals surface area contributed by atoms with Crippen molar-refractivity contribution in [3.8, 4) is 0 Å². The summed E-state index contributed by atoms with van der Waals surface area (Å²) in [4.78, 5) is 20.8. The fraction of sp³-hybridized carbons (Fsp3) is 0.429. The van der Waals surface area contributed by atoms with E-state index in [1.165, 1.54) is 5.56 Å². The summed E-state index contributed by atoms with van der Waals surface area (Å²) in [5, 5.41) is 9.76. The first-order valence-electron chi connectivity index (χ1n) is 9.18. The second-order valence-electron chi connectivity index (χ2n) is 7.33. The molecule has 2 aromatic rings. The van der Waals surface area contributed by atoms with Crippen molar-refractivity contribution in [2.24, 2.45) is 0 Å². The smallest absolute Gasteiger partial charge is 0.339 e. The van der Waals surface area contributed by atoms with Crippen LogP contribution in [0.1, 0.15) is 47.7 Å². The van der Waals surface area contributed by atoms with Gasteiger partial charge >= 0.3 is 5.97 Å². The largest absolute Gasteiger partial charge is 0.478 e. The number of aromatic carboxylic acids is 1. The molecule has 26 heavy (non-hydrogen) atoms. The Kier molecular flexibility index (Phi) is 5.57. The number of anilines is 1. The number of rotatable bonds is 6. The van der Waals surface area contributed by atoms with Crippen molar-refractivity contribution in [3.63, 3.8) is 0 Å². The highest BCUT2D eigenvalue weighted by Crippen LogP contribution is 2.29. The summed E-state index contributed by atoms with van der Waals surface area (Å²) in [5.41, 5.74) is 2.49. The van der Waals surface area contributed by atoms with Crippen LogP contribution in [0.3, 0.4) is 0 Å². The van der Waals surface area contributed by atoms with E-state index in [1.807, 2.05) is 33.0 Å². The molecule has 1 saturated heterocycles. The lowest BCUT2D eigenvalue weighted by molar-refractivity contribution is 0.0695. The van der Waals surface area contributed by atoms with E-state index in [0.717, 1.165) is 31.6 Å². The van der Waals surface area contributed by atoms with Crippen LogP contribution in [-0.4, -0.2) is 47.1 Å². The van der Waals surface area contributed by atoms with Gasteiger partial charge in [0.2, 0.25) is 0 Å². The van der Waals surface area contributed by atoms with Crippen LogP contribution in [-0.2, 0) is 6.54 Å². The molecule has 2 heterocycles. The van der Waals surface area contributed by atoms with Crippen molar-refractivity contribution in [2.75, 3.05) is 25.0 Å². The number of likely N-dealkylation sites (N-methyl/N-ethyl adjacent to an activating group) is 1.